The van der Waals surface area contributed by atoms with E-state index in [0.29, 0.717) is 17.5 Å². The average molecular weight is 334 g/mol. The number of benzene rings is 1. The van der Waals surface area contributed by atoms with Crippen LogP contribution in [-0.4, -0.2) is 27.5 Å². The summed E-state index contributed by atoms with van der Waals surface area (Å²) < 4.78 is 16.4. The molecule has 1 fully saturated rings. The van der Waals surface area contributed by atoms with Crippen LogP contribution in [-0.2, 0) is 16.1 Å². The van der Waals surface area contributed by atoms with Crippen molar-refractivity contribution in [3.05, 3.63) is 35.2 Å². The molecule has 0 bridgehead atoms. The molecule has 1 aromatic carbocycles. The van der Waals surface area contributed by atoms with Gasteiger partial charge in [-0.3, -0.25) is 4.79 Å². The van der Waals surface area contributed by atoms with Gasteiger partial charge in [0.2, 0.25) is 0 Å². The van der Waals surface area contributed by atoms with Crippen molar-refractivity contribution in [2.24, 2.45) is 0 Å². The lowest BCUT2D eigenvalue weighted by Crippen LogP contribution is -2.09. The summed E-state index contributed by atoms with van der Waals surface area (Å²) in [5.41, 5.74) is 2.17. The van der Waals surface area contributed by atoms with Crippen LogP contribution in [0.5, 0.6) is 5.75 Å². The quantitative estimate of drug-likeness (QED) is 0.778. The maximum Gasteiger partial charge on any atom is 0.320 e. The lowest BCUT2D eigenvalue weighted by molar-refractivity contribution is -0.140. The number of hydrogen-bond donors (Lipinski definition) is 0. The molecule has 3 rings (SSSR count). The largest absolute Gasteiger partial charge is 0.484 e. The Labute approximate surface area is 138 Å². The minimum absolute atomic E-state index is 0.0602. The van der Waals surface area contributed by atoms with Crippen molar-refractivity contribution >= 4 is 17.7 Å². The number of nitrogens with zero attached hydrogens (tertiary/aromatic N) is 2. The zero-order chi connectivity index (χ0) is 16.4. The van der Waals surface area contributed by atoms with Gasteiger partial charge in [-0.2, -0.15) is 0 Å². The van der Waals surface area contributed by atoms with E-state index in [0.717, 1.165) is 16.9 Å². The maximum absolute atomic E-state index is 11.6. The van der Waals surface area contributed by atoms with Gasteiger partial charge in [0, 0.05) is 6.42 Å². The molecule has 1 saturated heterocycles. The fourth-order valence-electron chi connectivity index (χ4n) is 2.28. The Morgan fingerprint density at radius 1 is 1.35 bits per heavy atom. The monoisotopic (exact) mass is 334 g/mol. The second-order valence-corrected chi connectivity index (χ2v) is 6.76. The number of aryl methyl sites for hydroxylation is 2. The zero-order valence-electron chi connectivity index (χ0n) is 13.2. The van der Waals surface area contributed by atoms with Crippen molar-refractivity contribution in [1.82, 2.24) is 10.2 Å². The first-order valence-electron chi connectivity index (χ1n) is 7.41. The van der Waals surface area contributed by atoms with Gasteiger partial charge in [0.25, 0.3) is 11.1 Å². The van der Waals surface area contributed by atoms with Gasteiger partial charge in [0.05, 0.1) is 0 Å². The zero-order valence-corrected chi connectivity index (χ0v) is 14.1. The molecule has 1 aromatic heterocycles. The van der Waals surface area contributed by atoms with E-state index in [1.165, 1.54) is 11.8 Å². The van der Waals surface area contributed by atoms with Gasteiger partial charge in [-0.05, 0) is 49.7 Å². The van der Waals surface area contributed by atoms with E-state index in [2.05, 4.69) is 10.2 Å². The Bertz CT molecular complexity index is 716. The van der Waals surface area contributed by atoms with E-state index in [1.54, 1.807) is 0 Å². The topological polar surface area (TPSA) is 74.5 Å². The Morgan fingerprint density at radius 2 is 2.17 bits per heavy atom. The van der Waals surface area contributed by atoms with Crippen LogP contribution in [0, 0.1) is 13.8 Å². The van der Waals surface area contributed by atoms with Crippen LogP contribution in [0.1, 0.15) is 30.4 Å². The first-order chi connectivity index (χ1) is 11.0. The number of carbonyl (C=O) groups is 1. The Kier molecular flexibility index (Phi) is 4.56. The van der Waals surface area contributed by atoms with Gasteiger partial charge in [0.1, 0.15) is 17.1 Å². The summed E-state index contributed by atoms with van der Waals surface area (Å²) in [6.45, 7) is 6.06. The van der Waals surface area contributed by atoms with Gasteiger partial charge in [0.15, 0.2) is 6.61 Å². The average Bonchev–Trinajstić information content (AvgIpc) is 3.07. The molecular formula is C16H18N2O4S. The first kappa shape index (κ1) is 15.9. The van der Waals surface area contributed by atoms with Crippen molar-refractivity contribution in [3.8, 4) is 5.75 Å². The van der Waals surface area contributed by atoms with Crippen molar-refractivity contribution in [3.63, 3.8) is 0 Å². The van der Waals surface area contributed by atoms with E-state index in [9.17, 15) is 4.79 Å². The third kappa shape index (κ3) is 3.85. The summed E-state index contributed by atoms with van der Waals surface area (Å²) >= 11 is 1.24. The molecule has 122 valence electrons. The van der Waals surface area contributed by atoms with Crippen LogP contribution in [0.4, 0.5) is 0 Å². The van der Waals surface area contributed by atoms with E-state index >= 15 is 0 Å². The maximum atomic E-state index is 11.6. The van der Waals surface area contributed by atoms with Crippen LogP contribution in [0.25, 0.3) is 0 Å². The van der Waals surface area contributed by atoms with Crippen LogP contribution in [0.3, 0.4) is 0 Å². The number of esters is 1. The molecule has 2 atom stereocenters. The molecule has 0 amide bonds. The molecular weight excluding hydrogens is 316 g/mol. The number of ether oxygens (including phenoxy) is 2. The lowest BCUT2D eigenvalue weighted by atomic mass is 10.1. The molecule has 0 unspecified atom stereocenters. The second-order valence-electron chi connectivity index (χ2n) is 5.61. The highest BCUT2D eigenvalue weighted by Crippen LogP contribution is 2.31. The molecule has 7 heteroatoms. The van der Waals surface area contributed by atoms with Crippen LogP contribution < -0.4 is 4.74 Å². The molecule has 0 saturated carbocycles. The number of carbonyl (C=O) groups excluding carboxylic acids is 1. The normalized spacial score (nSPS) is 20.6. The van der Waals surface area contributed by atoms with Gasteiger partial charge in [-0.25, -0.2) is 0 Å². The van der Waals surface area contributed by atoms with Crippen molar-refractivity contribution in [2.45, 2.75) is 50.4 Å². The Balaban J connectivity index is 1.59. The minimum Gasteiger partial charge on any atom is -0.484 e. The first-order valence-corrected chi connectivity index (χ1v) is 8.29. The summed E-state index contributed by atoms with van der Waals surface area (Å²) in [5.74, 6) is 0.951. The number of hydrogen-bond acceptors (Lipinski definition) is 7. The van der Waals surface area contributed by atoms with Crippen molar-refractivity contribution in [2.75, 3.05) is 0 Å². The highest BCUT2D eigenvalue weighted by Gasteiger charge is 2.34. The highest BCUT2D eigenvalue weighted by atomic mass is 32.2. The highest BCUT2D eigenvalue weighted by molar-refractivity contribution is 8.00. The summed E-state index contributed by atoms with van der Waals surface area (Å²) in [6.07, 6.45) is 0.593. The predicted molar refractivity (Wildman–Crippen MR) is 84.4 cm³/mol. The summed E-state index contributed by atoms with van der Waals surface area (Å²) in [5, 5.41) is 7.99. The third-order valence-corrected chi connectivity index (χ3v) is 4.55. The molecule has 6 nitrogen and oxygen atoms in total. The van der Waals surface area contributed by atoms with Crippen LogP contribution in [0.15, 0.2) is 27.8 Å². The third-order valence-electron chi connectivity index (χ3n) is 3.51. The molecule has 1 aliphatic rings. The lowest BCUT2D eigenvalue weighted by Gasteiger charge is -2.07. The van der Waals surface area contributed by atoms with Gasteiger partial charge in [-0.15, -0.1) is 10.2 Å². The fourth-order valence-corrected chi connectivity index (χ4v) is 3.28. The fraction of sp³-hybridized carbons (Fsp3) is 0.438. The summed E-state index contributed by atoms with van der Waals surface area (Å²) in [6, 6.07) is 6.01. The van der Waals surface area contributed by atoms with E-state index in [-0.39, 0.29) is 23.9 Å². The number of rotatable bonds is 5. The molecule has 0 aliphatic carbocycles. The van der Waals surface area contributed by atoms with Crippen LogP contribution >= 0.6 is 11.8 Å². The second kappa shape index (κ2) is 6.62. The van der Waals surface area contributed by atoms with E-state index in [1.807, 2.05) is 39.0 Å². The molecule has 2 heterocycles. The predicted octanol–water partition coefficient (Wildman–Crippen LogP) is 3.06. The molecule has 0 N–H and O–H groups in total. The van der Waals surface area contributed by atoms with Crippen molar-refractivity contribution < 1.29 is 18.7 Å². The van der Waals surface area contributed by atoms with E-state index in [4.69, 9.17) is 13.9 Å². The molecule has 23 heavy (non-hydrogen) atoms. The van der Waals surface area contributed by atoms with Gasteiger partial charge >= 0.3 is 5.97 Å². The number of aromatic nitrogens is 2. The van der Waals surface area contributed by atoms with Gasteiger partial charge in [-0.1, -0.05) is 12.1 Å². The summed E-state index contributed by atoms with van der Waals surface area (Å²) in [7, 11) is 0. The molecule has 0 radical (unpaired) electrons. The van der Waals surface area contributed by atoms with Crippen LogP contribution in [0.2, 0.25) is 0 Å². The SMILES string of the molecule is Cc1ccc(C)c(OCc2nnc(S[C@H]3C[C@H](C)OC3=O)o2)c1. The Morgan fingerprint density at radius 3 is 2.91 bits per heavy atom. The molecule has 2 aromatic rings. The number of thioether (sulfide) groups is 1. The van der Waals surface area contributed by atoms with Crippen molar-refractivity contribution in [1.29, 1.82) is 0 Å². The molecule has 0 spiro atoms. The smallest absolute Gasteiger partial charge is 0.320 e. The summed E-state index contributed by atoms with van der Waals surface area (Å²) in [4.78, 5) is 11.6. The standard InChI is InChI=1S/C16H18N2O4S/c1-9-4-5-10(2)12(6-9)20-8-14-17-18-16(22-14)23-13-7-11(3)21-15(13)19/h4-6,11,13H,7-8H2,1-3H3/t11-,13-/m0/s1. The van der Waals surface area contributed by atoms with E-state index < -0.39 is 0 Å². The minimum atomic E-state index is -0.279. The molecule has 1 aliphatic heterocycles. The number of cyclic esters (lactones) is 1. The van der Waals surface area contributed by atoms with Gasteiger partial charge < -0.3 is 13.9 Å². The Hall–Kier alpha value is -2.02.